The molecule has 12 aliphatic carbocycles. The standard InChI is InChI=1S/C69H115N/c1-5-22-46(23-6-1)50-40-51(47-24-7-2-8-25-47)43-54(42-50)66-56-30-13-17-34-60(56)68(61-35-18-14-31-57(61)66)64-38-21-39-65(70-64)69-62-36-19-15-32-58(62)67(59-33-16-20-37-63(59)69)55-44-52(48-26-9-3-10-27-48)41-53(45-55)49-28-11-4-12-29-49/h46-70H,1-45H2. The van der Waals surface area contributed by atoms with Gasteiger partial charge in [-0.05, 0) is 233 Å². The van der Waals surface area contributed by atoms with E-state index in [9.17, 15) is 0 Å². The number of hydrogen-bond acceptors (Lipinski definition) is 1. The topological polar surface area (TPSA) is 12.0 Å². The van der Waals surface area contributed by atoms with Gasteiger partial charge in [0.1, 0.15) is 0 Å². The highest BCUT2D eigenvalue weighted by Crippen LogP contribution is 2.65. The first-order chi connectivity index (χ1) is 34.7. The number of piperidine rings is 1. The molecule has 0 aromatic carbocycles. The van der Waals surface area contributed by atoms with Crippen LogP contribution in [0.5, 0.6) is 0 Å². The molecular weight excluding hydrogens is 843 g/mol. The highest BCUT2D eigenvalue weighted by Gasteiger charge is 2.59. The largest absolute Gasteiger partial charge is 0.311 e. The average molecular weight is 959 g/mol. The summed E-state index contributed by atoms with van der Waals surface area (Å²) in [5.41, 5.74) is 0. The summed E-state index contributed by atoms with van der Waals surface area (Å²) in [7, 11) is 0. The third-order valence-electron chi connectivity index (χ3n) is 27.8. The maximum absolute atomic E-state index is 5.01. The molecule has 14 unspecified atom stereocenters. The molecule has 1 aliphatic heterocycles. The van der Waals surface area contributed by atoms with E-state index in [4.69, 9.17) is 5.32 Å². The van der Waals surface area contributed by atoms with Crippen molar-refractivity contribution in [3.63, 3.8) is 0 Å². The summed E-state index contributed by atoms with van der Waals surface area (Å²) in [5, 5.41) is 5.01. The Morgan fingerprint density at radius 2 is 0.371 bits per heavy atom. The quantitative estimate of drug-likeness (QED) is 0.256. The number of nitrogens with one attached hydrogen (secondary N) is 1. The van der Waals surface area contributed by atoms with Crippen molar-refractivity contribution < 1.29 is 0 Å². The molecule has 13 aliphatic rings. The van der Waals surface area contributed by atoms with Gasteiger partial charge in [-0.2, -0.15) is 0 Å². The number of fused-ring (bicyclic) bond motifs is 4. The van der Waals surface area contributed by atoms with Gasteiger partial charge in [-0.15, -0.1) is 0 Å². The third kappa shape index (κ3) is 10.1. The lowest BCUT2D eigenvalue weighted by Crippen LogP contribution is -2.63. The van der Waals surface area contributed by atoms with Gasteiger partial charge in [-0.3, -0.25) is 0 Å². The van der Waals surface area contributed by atoms with Crippen LogP contribution < -0.4 is 5.32 Å². The van der Waals surface area contributed by atoms with Crippen molar-refractivity contribution >= 4 is 0 Å². The van der Waals surface area contributed by atoms with Crippen LogP contribution in [0, 0.1) is 130 Å². The molecule has 0 bridgehead atoms. The van der Waals surface area contributed by atoms with Crippen LogP contribution in [0.25, 0.3) is 0 Å². The minimum Gasteiger partial charge on any atom is -0.311 e. The fraction of sp³-hybridized carbons (Fsp3) is 1.00. The fourth-order valence-corrected chi connectivity index (χ4v) is 25.5. The number of rotatable bonds is 8. The van der Waals surface area contributed by atoms with Crippen molar-refractivity contribution in [1.29, 1.82) is 0 Å². The molecule has 13 fully saturated rings. The monoisotopic (exact) mass is 958 g/mol. The van der Waals surface area contributed by atoms with Gasteiger partial charge in [0.25, 0.3) is 0 Å². The predicted molar refractivity (Wildman–Crippen MR) is 295 cm³/mol. The van der Waals surface area contributed by atoms with Gasteiger partial charge >= 0.3 is 0 Å². The molecule has 0 amide bonds. The van der Waals surface area contributed by atoms with E-state index >= 15 is 0 Å². The Balaban J connectivity index is 0.771. The molecule has 0 aromatic rings. The van der Waals surface area contributed by atoms with E-state index in [1.54, 1.807) is 263 Å². The van der Waals surface area contributed by atoms with Gasteiger partial charge < -0.3 is 5.32 Å². The molecular formula is C69H115N. The summed E-state index contributed by atoms with van der Waals surface area (Å²) in [6, 6.07) is 1.69. The fourth-order valence-electron chi connectivity index (χ4n) is 25.5. The third-order valence-corrected chi connectivity index (χ3v) is 27.8. The van der Waals surface area contributed by atoms with E-state index in [0.29, 0.717) is 0 Å². The van der Waals surface area contributed by atoms with Crippen LogP contribution in [0.1, 0.15) is 289 Å². The molecule has 0 aromatic heterocycles. The van der Waals surface area contributed by atoms with E-state index < -0.39 is 0 Å². The van der Waals surface area contributed by atoms with Crippen LogP contribution in [0.4, 0.5) is 0 Å². The first kappa shape index (κ1) is 49.5. The van der Waals surface area contributed by atoms with Crippen molar-refractivity contribution in [3.8, 4) is 0 Å². The lowest BCUT2D eigenvalue weighted by molar-refractivity contribution is -0.128. The molecule has 1 N–H and O–H groups in total. The summed E-state index contributed by atoms with van der Waals surface area (Å²) in [4.78, 5) is 0. The Bertz CT molecular complexity index is 1390. The molecule has 0 radical (unpaired) electrons. The first-order valence-corrected chi connectivity index (χ1v) is 34.5. The average Bonchev–Trinajstić information content (AvgIpc) is 3.44. The van der Waals surface area contributed by atoms with Crippen molar-refractivity contribution in [3.05, 3.63) is 0 Å². The lowest BCUT2D eigenvalue weighted by atomic mass is 9.44. The highest BCUT2D eigenvalue weighted by atomic mass is 15.0. The Kier molecular flexibility index (Phi) is 16.2. The normalized spacial score (nSPS) is 49.7. The molecule has 70 heavy (non-hydrogen) atoms. The summed E-state index contributed by atoms with van der Waals surface area (Å²) < 4.78 is 0. The van der Waals surface area contributed by atoms with E-state index in [0.717, 1.165) is 142 Å². The second-order valence-corrected chi connectivity index (χ2v) is 30.6. The van der Waals surface area contributed by atoms with Crippen LogP contribution in [0.15, 0.2) is 0 Å². The van der Waals surface area contributed by atoms with Crippen LogP contribution in [0.3, 0.4) is 0 Å². The molecule has 396 valence electrons. The molecule has 14 atom stereocenters. The summed E-state index contributed by atoms with van der Waals surface area (Å²) in [6.45, 7) is 0. The maximum atomic E-state index is 5.01. The Morgan fingerprint density at radius 1 is 0.157 bits per heavy atom. The zero-order valence-electron chi connectivity index (χ0n) is 46.2. The molecule has 1 saturated heterocycles. The minimum atomic E-state index is 0.847. The van der Waals surface area contributed by atoms with Crippen molar-refractivity contribution in [1.82, 2.24) is 5.32 Å². The highest BCUT2D eigenvalue weighted by molar-refractivity contribution is 5.10. The van der Waals surface area contributed by atoms with Crippen LogP contribution >= 0.6 is 0 Å². The van der Waals surface area contributed by atoms with E-state index in [1.807, 2.05) is 0 Å². The molecule has 1 heterocycles. The molecule has 12 saturated carbocycles. The minimum absolute atomic E-state index is 0.847. The SMILES string of the molecule is C1CCC(C2CC(C3CCCCC3)CC(C3C4CCCCC4C(C4CCCC(C5C6CCCCC6C(C6CC(C7CCCCC7)CC(C7CCCCC7)C6)C6CCCCC65)N4)C4CCCCC43)C2)CC1. The Morgan fingerprint density at radius 3 is 0.629 bits per heavy atom. The molecule has 13 rings (SSSR count). The summed E-state index contributed by atoms with van der Waals surface area (Å²) >= 11 is 0. The van der Waals surface area contributed by atoms with Gasteiger partial charge in [0.05, 0.1) is 0 Å². The van der Waals surface area contributed by atoms with Crippen LogP contribution in [-0.4, -0.2) is 12.1 Å². The molecule has 1 nitrogen and oxygen atoms in total. The van der Waals surface area contributed by atoms with Crippen molar-refractivity contribution in [2.45, 2.75) is 301 Å². The van der Waals surface area contributed by atoms with Gasteiger partial charge in [-0.25, -0.2) is 0 Å². The molecule has 0 spiro atoms. The van der Waals surface area contributed by atoms with Crippen molar-refractivity contribution in [2.75, 3.05) is 0 Å². The van der Waals surface area contributed by atoms with Gasteiger partial charge in [-0.1, -0.05) is 186 Å². The lowest BCUT2D eigenvalue weighted by Gasteiger charge is -2.63. The Labute approximate surface area is 434 Å². The maximum Gasteiger partial charge on any atom is 0.0103 e. The molecule has 1 heteroatoms. The predicted octanol–water partition coefficient (Wildman–Crippen LogP) is 19.6. The Hall–Kier alpha value is -0.0400. The zero-order chi connectivity index (χ0) is 46.4. The second-order valence-electron chi connectivity index (χ2n) is 30.6. The van der Waals surface area contributed by atoms with Crippen molar-refractivity contribution in [2.24, 2.45) is 130 Å². The number of hydrogen-bond donors (Lipinski definition) is 1. The van der Waals surface area contributed by atoms with Gasteiger partial charge in [0, 0.05) is 12.1 Å². The second kappa shape index (κ2) is 22.9. The van der Waals surface area contributed by atoms with E-state index in [1.165, 1.54) is 25.7 Å². The van der Waals surface area contributed by atoms with E-state index in [2.05, 4.69) is 0 Å². The van der Waals surface area contributed by atoms with Gasteiger partial charge in [0.15, 0.2) is 0 Å². The van der Waals surface area contributed by atoms with E-state index in [-0.39, 0.29) is 0 Å². The zero-order valence-corrected chi connectivity index (χ0v) is 46.2. The van der Waals surface area contributed by atoms with Crippen LogP contribution in [-0.2, 0) is 0 Å². The smallest absolute Gasteiger partial charge is 0.0103 e. The van der Waals surface area contributed by atoms with Gasteiger partial charge in [0.2, 0.25) is 0 Å². The van der Waals surface area contributed by atoms with Crippen LogP contribution in [0.2, 0.25) is 0 Å². The summed E-state index contributed by atoms with van der Waals surface area (Å²) in [5.74, 6) is 23.6. The summed E-state index contributed by atoms with van der Waals surface area (Å²) in [6.07, 6.45) is 71.7. The first-order valence-electron chi connectivity index (χ1n) is 34.5.